The van der Waals surface area contributed by atoms with Crippen LogP contribution in [0.25, 0.3) is 22.3 Å². The lowest BCUT2D eigenvalue weighted by Crippen LogP contribution is -2.40. The van der Waals surface area contributed by atoms with Crippen molar-refractivity contribution in [2.45, 2.75) is 18.6 Å². The fourth-order valence-corrected chi connectivity index (χ4v) is 4.96. The van der Waals surface area contributed by atoms with E-state index < -0.39 is 22.9 Å². The van der Waals surface area contributed by atoms with E-state index in [4.69, 9.17) is 9.47 Å². The van der Waals surface area contributed by atoms with Gasteiger partial charge in [0.25, 0.3) is 5.56 Å². The van der Waals surface area contributed by atoms with E-state index in [0.717, 1.165) is 27.7 Å². The Hall–Kier alpha value is -4.63. The molecule has 2 saturated heterocycles. The monoisotopic (exact) mass is 504 g/mol. The summed E-state index contributed by atoms with van der Waals surface area (Å²) in [7, 11) is 1.35. The van der Waals surface area contributed by atoms with E-state index in [-0.39, 0.29) is 45.9 Å². The minimum atomic E-state index is -1.17. The summed E-state index contributed by atoms with van der Waals surface area (Å²) in [6, 6.07) is 7.88. The first-order chi connectivity index (χ1) is 17.9. The van der Waals surface area contributed by atoms with Crippen molar-refractivity contribution in [2.75, 3.05) is 25.2 Å². The molecule has 2 aliphatic rings. The van der Waals surface area contributed by atoms with Gasteiger partial charge in [-0.3, -0.25) is 14.3 Å². The summed E-state index contributed by atoms with van der Waals surface area (Å²) < 4.78 is 41.2. The molecule has 0 aliphatic carbocycles. The van der Waals surface area contributed by atoms with Gasteiger partial charge in [0.05, 0.1) is 54.5 Å². The third kappa shape index (κ3) is 3.54. The van der Waals surface area contributed by atoms with Crippen molar-refractivity contribution in [2.24, 2.45) is 0 Å². The summed E-state index contributed by atoms with van der Waals surface area (Å²) >= 11 is 0. The van der Waals surface area contributed by atoms with E-state index in [1.165, 1.54) is 31.6 Å². The van der Waals surface area contributed by atoms with Crippen molar-refractivity contribution in [3.63, 3.8) is 0 Å². The van der Waals surface area contributed by atoms with E-state index in [0.29, 0.717) is 19.0 Å². The lowest BCUT2D eigenvalue weighted by atomic mass is 10.2. The first kappa shape index (κ1) is 22.8. The number of ether oxygens (including phenoxy) is 2. The second-order valence-corrected chi connectivity index (χ2v) is 8.78. The zero-order valence-electron chi connectivity index (χ0n) is 19.4. The number of halogens is 2. The van der Waals surface area contributed by atoms with Crippen molar-refractivity contribution in [3.05, 3.63) is 80.8 Å². The second kappa shape index (κ2) is 8.49. The number of hydrogen-bond acceptors (Lipinski definition) is 8. The summed E-state index contributed by atoms with van der Waals surface area (Å²) in [5, 5.41) is 9.23. The van der Waals surface area contributed by atoms with Gasteiger partial charge in [-0.15, -0.1) is 0 Å². The average molecular weight is 504 g/mol. The number of aromatic nitrogens is 4. The summed E-state index contributed by atoms with van der Waals surface area (Å²) in [5.41, 5.74) is -1.41. The molecular formula is C25H18F2N6O4. The molecule has 3 aromatic heterocycles. The number of anilines is 1. The van der Waals surface area contributed by atoms with E-state index in [2.05, 4.69) is 9.97 Å². The number of morpholine rings is 1. The quantitative estimate of drug-likeness (QED) is 0.415. The first-order valence-electron chi connectivity index (χ1n) is 11.4. The second-order valence-electron chi connectivity index (χ2n) is 8.78. The van der Waals surface area contributed by atoms with E-state index in [9.17, 15) is 23.6 Å². The molecule has 6 rings (SSSR count). The molecule has 1 aromatic carbocycles. The summed E-state index contributed by atoms with van der Waals surface area (Å²) in [5.74, 6) is -1.84. The number of hydrogen-bond donors (Lipinski definition) is 0. The van der Waals surface area contributed by atoms with Crippen molar-refractivity contribution in [1.29, 1.82) is 5.26 Å². The number of nitrogens with zero attached hydrogens (tertiary/aromatic N) is 6. The Kier molecular flexibility index (Phi) is 5.24. The summed E-state index contributed by atoms with van der Waals surface area (Å²) in [6.45, 7) is 1.10. The molecule has 12 heteroatoms. The molecular weight excluding hydrogens is 486 g/mol. The molecule has 2 aliphatic heterocycles. The number of nitriles is 1. The van der Waals surface area contributed by atoms with Crippen LogP contribution >= 0.6 is 0 Å². The van der Waals surface area contributed by atoms with Crippen LogP contribution < -0.4 is 20.9 Å². The molecule has 2 atom stereocenters. The predicted molar refractivity (Wildman–Crippen MR) is 127 cm³/mol. The molecule has 0 N–H and O–H groups in total. The molecule has 0 radical (unpaired) electrons. The highest BCUT2D eigenvalue weighted by atomic mass is 19.2. The minimum Gasteiger partial charge on any atom is -0.480 e. The molecule has 0 spiro atoms. The van der Waals surface area contributed by atoms with Gasteiger partial charge in [-0.1, -0.05) is 0 Å². The minimum absolute atomic E-state index is 0.0162. The molecule has 186 valence electrons. The topological polar surface area (TPSA) is 115 Å². The van der Waals surface area contributed by atoms with Gasteiger partial charge in [0, 0.05) is 24.9 Å². The normalized spacial score (nSPS) is 18.4. The van der Waals surface area contributed by atoms with Gasteiger partial charge in [0.2, 0.25) is 5.88 Å². The van der Waals surface area contributed by atoms with Crippen molar-refractivity contribution < 1.29 is 18.3 Å². The fraction of sp³-hybridized carbons (Fsp3) is 0.240. The van der Waals surface area contributed by atoms with Crippen LogP contribution in [0.5, 0.6) is 5.88 Å². The van der Waals surface area contributed by atoms with E-state index in [1.54, 1.807) is 6.07 Å². The molecule has 0 unspecified atom stereocenters. The standard InChI is InChI=1S/C25H18F2N6O4/c1-36-23-22-20(7-21(30-23)31-11-17-5-16(31)12-37-17)32(14-2-3-18(26)19(27)6-14)25(35)33(24(22)34)15-4-13(8-28)9-29-10-15/h2-4,6-7,9-10,16-17H,5,11-12H2,1H3/t16-,17-/m0/s1. The Labute approximate surface area is 207 Å². The fourth-order valence-electron chi connectivity index (χ4n) is 4.96. The number of pyridine rings is 2. The highest BCUT2D eigenvalue weighted by Gasteiger charge is 2.40. The largest absolute Gasteiger partial charge is 0.480 e. The van der Waals surface area contributed by atoms with Crippen LogP contribution in [0.2, 0.25) is 0 Å². The number of methoxy groups -OCH3 is 1. The van der Waals surface area contributed by atoms with Crippen LogP contribution in [0.1, 0.15) is 12.0 Å². The molecule has 0 saturated carbocycles. The van der Waals surface area contributed by atoms with Crippen LogP contribution in [-0.2, 0) is 4.74 Å². The number of benzene rings is 1. The van der Waals surface area contributed by atoms with Crippen molar-refractivity contribution in [1.82, 2.24) is 19.1 Å². The van der Waals surface area contributed by atoms with Gasteiger partial charge in [0.1, 0.15) is 17.3 Å². The summed E-state index contributed by atoms with van der Waals surface area (Å²) in [4.78, 5) is 38.1. The molecule has 2 fully saturated rings. The van der Waals surface area contributed by atoms with Gasteiger partial charge in [-0.25, -0.2) is 18.1 Å². The first-order valence-corrected chi connectivity index (χ1v) is 11.4. The van der Waals surface area contributed by atoms with Gasteiger partial charge < -0.3 is 14.4 Å². The SMILES string of the molecule is COc1nc(N2C[C@@H]3C[C@H]2CO3)cc2c1c(=O)n(-c1cncc(C#N)c1)c(=O)n2-c1ccc(F)c(F)c1. The molecule has 2 bridgehead atoms. The maximum atomic E-state index is 14.3. The smallest absolute Gasteiger partial charge is 0.340 e. The Morgan fingerprint density at radius 3 is 2.62 bits per heavy atom. The molecule has 5 heterocycles. The Bertz CT molecular complexity index is 1740. The zero-order valence-corrected chi connectivity index (χ0v) is 19.4. The molecule has 37 heavy (non-hydrogen) atoms. The van der Waals surface area contributed by atoms with E-state index in [1.807, 2.05) is 11.0 Å². The van der Waals surface area contributed by atoms with Crippen LogP contribution in [0.15, 0.2) is 52.3 Å². The highest BCUT2D eigenvalue weighted by molar-refractivity contribution is 5.87. The van der Waals surface area contributed by atoms with Gasteiger partial charge in [-0.2, -0.15) is 10.2 Å². The number of fused-ring (bicyclic) bond motifs is 3. The van der Waals surface area contributed by atoms with Crippen LogP contribution in [-0.4, -0.2) is 51.5 Å². The molecule has 10 nitrogen and oxygen atoms in total. The summed E-state index contributed by atoms with van der Waals surface area (Å²) in [6.07, 6.45) is 3.41. The van der Waals surface area contributed by atoms with Crippen LogP contribution in [0.3, 0.4) is 0 Å². The molecule has 4 aromatic rings. The van der Waals surface area contributed by atoms with Gasteiger partial charge in [-0.05, 0) is 24.6 Å². The molecule has 0 amide bonds. The van der Waals surface area contributed by atoms with Crippen molar-refractivity contribution in [3.8, 4) is 23.3 Å². The third-order valence-corrected chi connectivity index (χ3v) is 6.65. The average Bonchev–Trinajstić information content (AvgIpc) is 3.54. The number of rotatable bonds is 4. The third-order valence-electron chi connectivity index (χ3n) is 6.65. The Morgan fingerprint density at radius 1 is 1.11 bits per heavy atom. The highest BCUT2D eigenvalue weighted by Crippen LogP contribution is 2.35. The zero-order chi connectivity index (χ0) is 25.8. The van der Waals surface area contributed by atoms with Crippen molar-refractivity contribution >= 4 is 16.7 Å². The van der Waals surface area contributed by atoms with Gasteiger partial charge in [0.15, 0.2) is 11.6 Å². The lowest BCUT2D eigenvalue weighted by molar-refractivity contribution is 0.0988. The Balaban J connectivity index is 1.72. The van der Waals surface area contributed by atoms with Crippen LogP contribution in [0, 0.1) is 23.0 Å². The van der Waals surface area contributed by atoms with Crippen LogP contribution in [0.4, 0.5) is 14.6 Å². The maximum Gasteiger partial charge on any atom is 0.340 e. The lowest BCUT2D eigenvalue weighted by Gasteiger charge is -2.28. The van der Waals surface area contributed by atoms with Gasteiger partial charge >= 0.3 is 5.69 Å². The Morgan fingerprint density at radius 2 is 1.95 bits per heavy atom. The predicted octanol–water partition coefficient (Wildman–Crippen LogP) is 2.07. The maximum absolute atomic E-state index is 14.3. The van der Waals surface area contributed by atoms with E-state index >= 15 is 0 Å².